The first-order chi connectivity index (χ1) is 9.28. The van der Waals surface area contributed by atoms with Crippen LogP contribution in [0.3, 0.4) is 0 Å². The monoisotopic (exact) mass is 262 g/mol. The van der Waals surface area contributed by atoms with E-state index < -0.39 is 0 Å². The quantitative estimate of drug-likeness (QED) is 0.544. The molecule has 3 aliphatic carbocycles. The van der Waals surface area contributed by atoms with E-state index in [4.69, 9.17) is 0 Å². The summed E-state index contributed by atoms with van der Waals surface area (Å²) in [5.41, 5.74) is 0.723. The lowest BCUT2D eigenvalue weighted by Crippen LogP contribution is -2.37. The van der Waals surface area contributed by atoms with Crippen LogP contribution in [-0.4, -0.2) is 0 Å². The Morgan fingerprint density at radius 2 is 1.21 bits per heavy atom. The van der Waals surface area contributed by atoms with Gasteiger partial charge in [-0.3, -0.25) is 0 Å². The topological polar surface area (TPSA) is 0 Å². The Morgan fingerprint density at radius 1 is 0.632 bits per heavy atom. The lowest BCUT2D eigenvalue weighted by molar-refractivity contribution is 0.0324. The van der Waals surface area contributed by atoms with E-state index in [-0.39, 0.29) is 0 Å². The summed E-state index contributed by atoms with van der Waals surface area (Å²) in [5, 5.41) is 0. The molecule has 0 N–H and O–H groups in total. The molecule has 0 heterocycles. The van der Waals surface area contributed by atoms with E-state index in [0.29, 0.717) is 0 Å². The van der Waals surface area contributed by atoms with Gasteiger partial charge in [0, 0.05) is 0 Å². The summed E-state index contributed by atoms with van der Waals surface area (Å²) in [5.74, 6) is 3.28. The Morgan fingerprint density at radius 3 is 1.89 bits per heavy atom. The lowest BCUT2D eigenvalue weighted by atomic mass is 9.58. The molecule has 3 fully saturated rings. The first kappa shape index (κ1) is 14.0. The van der Waals surface area contributed by atoms with Crippen molar-refractivity contribution < 1.29 is 0 Å². The summed E-state index contributed by atoms with van der Waals surface area (Å²) in [7, 11) is 0. The molecule has 2 unspecified atom stereocenters. The Balaban J connectivity index is 1.62. The van der Waals surface area contributed by atoms with E-state index in [0.717, 1.165) is 23.2 Å². The van der Waals surface area contributed by atoms with Crippen LogP contribution in [0.1, 0.15) is 96.8 Å². The van der Waals surface area contributed by atoms with Gasteiger partial charge in [-0.2, -0.15) is 0 Å². The van der Waals surface area contributed by atoms with Crippen molar-refractivity contribution in [3.8, 4) is 0 Å². The summed E-state index contributed by atoms with van der Waals surface area (Å²) in [6, 6.07) is 0. The van der Waals surface area contributed by atoms with Crippen LogP contribution >= 0.6 is 0 Å². The molecule has 0 amide bonds. The van der Waals surface area contributed by atoms with Crippen LogP contribution in [0.2, 0.25) is 0 Å². The van der Waals surface area contributed by atoms with Crippen LogP contribution < -0.4 is 0 Å². The molecule has 3 saturated carbocycles. The summed E-state index contributed by atoms with van der Waals surface area (Å²) < 4.78 is 0. The largest absolute Gasteiger partial charge is 0.0594 e. The molecule has 0 bridgehead atoms. The Hall–Kier alpha value is 0. The number of rotatable bonds is 2. The van der Waals surface area contributed by atoms with Gasteiger partial charge in [0.05, 0.1) is 0 Å². The highest BCUT2D eigenvalue weighted by molar-refractivity contribution is 4.91. The second-order valence-electron chi connectivity index (χ2n) is 8.24. The number of hydrogen-bond acceptors (Lipinski definition) is 0. The smallest absolute Gasteiger partial charge is 0.0295 e. The van der Waals surface area contributed by atoms with Gasteiger partial charge in [-0.05, 0) is 48.9 Å². The van der Waals surface area contributed by atoms with Gasteiger partial charge in [-0.1, -0.05) is 71.1 Å². The third kappa shape index (κ3) is 3.19. The Labute approximate surface area is 120 Å². The summed E-state index contributed by atoms with van der Waals surface area (Å²) >= 11 is 0. The molecule has 0 aromatic heterocycles. The van der Waals surface area contributed by atoms with E-state index in [9.17, 15) is 0 Å². The van der Waals surface area contributed by atoms with Crippen LogP contribution in [-0.2, 0) is 0 Å². The van der Waals surface area contributed by atoms with Crippen molar-refractivity contribution in [3.63, 3.8) is 0 Å². The third-order valence-electron chi connectivity index (χ3n) is 6.96. The highest BCUT2D eigenvalue weighted by atomic mass is 14.5. The van der Waals surface area contributed by atoms with Crippen LogP contribution in [0.4, 0.5) is 0 Å². The normalized spacial score (nSPS) is 39.3. The van der Waals surface area contributed by atoms with Crippen LogP contribution in [0.5, 0.6) is 0 Å². The van der Waals surface area contributed by atoms with Crippen molar-refractivity contribution in [2.24, 2.45) is 23.2 Å². The third-order valence-corrected chi connectivity index (χ3v) is 6.96. The predicted octanol–water partition coefficient (Wildman–Crippen LogP) is 6.34. The molecule has 0 nitrogen and oxygen atoms in total. The molecule has 0 heteroatoms. The average molecular weight is 262 g/mol. The van der Waals surface area contributed by atoms with E-state index in [2.05, 4.69) is 6.92 Å². The predicted molar refractivity (Wildman–Crippen MR) is 83.2 cm³/mol. The maximum atomic E-state index is 2.66. The standard InChI is InChI=1S/C19H34/c1-19(18-12-6-3-7-13-18)14-8-11-17(15-19)16-9-4-2-5-10-16/h16-18H,2-15H2,1H3. The van der Waals surface area contributed by atoms with Crippen molar-refractivity contribution in [1.29, 1.82) is 0 Å². The second-order valence-corrected chi connectivity index (χ2v) is 8.24. The minimum absolute atomic E-state index is 0.723. The van der Waals surface area contributed by atoms with Crippen LogP contribution in [0, 0.1) is 23.2 Å². The minimum atomic E-state index is 0.723. The maximum Gasteiger partial charge on any atom is -0.0295 e. The van der Waals surface area contributed by atoms with Gasteiger partial charge in [0.1, 0.15) is 0 Å². The first-order valence-electron chi connectivity index (χ1n) is 9.28. The van der Waals surface area contributed by atoms with Gasteiger partial charge in [0.15, 0.2) is 0 Å². The molecule has 2 atom stereocenters. The zero-order valence-corrected chi connectivity index (χ0v) is 13.1. The van der Waals surface area contributed by atoms with E-state index in [1.165, 1.54) is 44.9 Å². The van der Waals surface area contributed by atoms with Crippen LogP contribution in [0.15, 0.2) is 0 Å². The molecule has 0 aromatic rings. The van der Waals surface area contributed by atoms with Crippen molar-refractivity contribution in [1.82, 2.24) is 0 Å². The summed E-state index contributed by atoms with van der Waals surface area (Å²) in [6.07, 6.45) is 21.6. The van der Waals surface area contributed by atoms with Gasteiger partial charge in [0.25, 0.3) is 0 Å². The average Bonchev–Trinajstić information content (AvgIpc) is 2.49. The SMILES string of the molecule is CC1(C2CCCCC2)CCCC(C2CCCCC2)C1. The zero-order valence-electron chi connectivity index (χ0n) is 13.1. The van der Waals surface area contributed by atoms with Gasteiger partial charge in [0.2, 0.25) is 0 Å². The zero-order chi connectivity index (χ0) is 13.1. The highest BCUT2D eigenvalue weighted by Crippen LogP contribution is 2.52. The summed E-state index contributed by atoms with van der Waals surface area (Å²) in [6.45, 7) is 2.66. The molecule has 110 valence electrons. The van der Waals surface area contributed by atoms with Crippen LogP contribution in [0.25, 0.3) is 0 Å². The Bertz CT molecular complexity index is 270. The molecule has 0 saturated heterocycles. The molecule has 0 aromatic carbocycles. The Kier molecular flexibility index (Phi) is 4.54. The highest BCUT2D eigenvalue weighted by Gasteiger charge is 2.41. The lowest BCUT2D eigenvalue weighted by Gasteiger charge is -2.48. The van der Waals surface area contributed by atoms with Gasteiger partial charge >= 0.3 is 0 Å². The molecular weight excluding hydrogens is 228 g/mol. The molecular formula is C19H34. The van der Waals surface area contributed by atoms with Crippen molar-refractivity contribution in [2.45, 2.75) is 96.8 Å². The molecule has 0 radical (unpaired) electrons. The van der Waals surface area contributed by atoms with Gasteiger partial charge < -0.3 is 0 Å². The van der Waals surface area contributed by atoms with Crippen molar-refractivity contribution >= 4 is 0 Å². The number of hydrogen-bond donors (Lipinski definition) is 0. The fourth-order valence-electron chi connectivity index (χ4n) is 5.75. The maximum absolute atomic E-state index is 2.66. The van der Waals surface area contributed by atoms with Gasteiger partial charge in [-0.25, -0.2) is 0 Å². The fraction of sp³-hybridized carbons (Fsp3) is 1.00. The second kappa shape index (κ2) is 6.19. The molecule has 3 aliphatic rings. The fourth-order valence-corrected chi connectivity index (χ4v) is 5.75. The van der Waals surface area contributed by atoms with Crippen molar-refractivity contribution in [2.75, 3.05) is 0 Å². The minimum Gasteiger partial charge on any atom is -0.0594 e. The van der Waals surface area contributed by atoms with Gasteiger partial charge in [-0.15, -0.1) is 0 Å². The van der Waals surface area contributed by atoms with E-state index in [1.807, 2.05) is 0 Å². The van der Waals surface area contributed by atoms with E-state index >= 15 is 0 Å². The molecule has 0 aliphatic heterocycles. The first-order valence-corrected chi connectivity index (χ1v) is 9.28. The molecule has 3 rings (SSSR count). The molecule has 19 heavy (non-hydrogen) atoms. The van der Waals surface area contributed by atoms with E-state index in [1.54, 1.807) is 44.9 Å². The molecule has 0 spiro atoms. The van der Waals surface area contributed by atoms with Crippen molar-refractivity contribution in [3.05, 3.63) is 0 Å². The summed E-state index contributed by atoms with van der Waals surface area (Å²) in [4.78, 5) is 0.